The quantitative estimate of drug-likeness (QED) is 0.707. The minimum Gasteiger partial charge on any atom is -0.289 e. The molecule has 1 heteroatoms. The summed E-state index contributed by atoms with van der Waals surface area (Å²) in [6.45, 7) is 1.94. The Bertz CT molecular complexity index is 486. The third kappa shape index (κ3) is 2.03. The smallest absolute Gasteiger partial charge is 0.193 e. The van der Waals surface area contributed by atoms with E-state index < -0.39 is 0 Å². The molecule has 0 saturated carbocycles. The van der Waals surface area contributed by atoms with Gasteiger partial charge in [0.1, 0.15) is 0 Å². The first-order chi connectivity index (χ1) is 7.83. The van der Waals surface area contributed by atoms with Crippen molar-refractivity contribution in [1.82, 2.24) is 0 Å². The highest BCUT2D eigenvalue weighted by Crippen LogP contribution is 2.15. The van der Waals surface area contributed by atoms with E-state index >= 15 is 0 Å². The van der Waals surface area contributed by atoms with Crippen molar-refractivity contribution in [3.63, 3.8) is 0 Å². The largest absolute Gasteiger partial charge is 0.289 e. The highest BCUT2D eigenvalue weighted by atomic mass is 16.1. The molecule has 2 aromatic rings. The topological polar surface area (TPSA) is 17.1 Å². The summed E-state index contributed by atoms with van der Waals surface area (Å²) in [5, 5.41) is 0. The number of rotatable bonds is 3. The Kier molecular flexibility index (Phi) is 3.16. The minimum absolute atomic E-state index is 0.0781. The third-order valence-electron chi connectivity index (χ3n) is 2.55. The van der Waals surface area contributed by atoms with Crippen molar-refractivity contribution in [2.24, 2.45) is 0 Å². The van der Waals surface area contributed by atoms with Gasteiger partial charge in [0, 0.05) is 11.1 Å². The van der Waals surface area contributed by atoms with Crippen LogP contribution in [0.15, 0.2) is 54.6 Å². The second-order valence-corrected chi connectivity index (χ2v) is 3.57. The Morgan fingerprint density at radius 3 is 2.25 bits per heavy atom. The van der Waals surface area contributed by atoms with Crippen LogP contribution in [0.1, 0.15) is 28.4 Å². The molecule has 0 aromatic heterocycles. The van der Waals surface area contributed by atoms with E-state index in [1.165, 1.54) is 0 Å². The first-order valence-electron chi connectivity index (χ1n) is 5.31. The lowest BCUT2D eigenvalue weighted by molar-refractivity contribution is 0.103. The molecule has 0 fully saturated rings. The van der Waals surface area contributed by atoms with Crippen molar-refractivity contribution in [3.05, 3.63) is 77.7 Å². The fourth-order valence-corrected chi connectivity index (χ4v) is 1.70. The first kappa shape index (κ1) is 10.6. The zero-order valence-corrected chi connectivity index (χ0v) is 9.18. The maximum absolute atomic E-state index is 12.2. The summed E-state index contributed by atoms with van der Waals surface area (Å²) < 4.78 is 0. The summed E-state index contributed by atoms with van der Waals surface area (Å²) in [4.78, 5) is 12.2. The van der Waals surface area contributed by atoms with Crippen LogP contribution < -0.4 is 0 Å². The Hall–Kier alpha value is -1.89. The highest BCUT2D eigenvalue weighted by Gasteiger charge is 2.11. The lowest BCUT2D eigenvalue weighted by atomic mass is 9.97. The molecule has 0 bridgehead atoms. The molecular formula is C15H13O. The van der Waals surface area contributed by atoms with Crippen LogP contribution in [0.4, 0.5) is 0 Å². The highest BCUT2D eigenvalue weighted by molar-refractivity contribution is 6.10. The van der Waals surface area contributed by atoms with Gasteiger partial charge in [0.05, 0.1) is 0 Å². The Morgan fingerprint density at radius 1 is 0.938 bits per heavy atom. The lowest BCUT2D eigenvalue weighted by Gasteiger charge is -2.06. The van der Waals surface area contributed by atoms with Gasteiger partial charge < -0.3 is 0 Å². The van der Waals surface area contributed by atoms with Gasteiger partial charge in [-0.05, 0) is 12.0 Å². The molecule has 79 valence electrons. The van der Waals surface area contributed by atoms with E-state index in [9.17, 15) is 4.79 Å². The molecule has 1 radical (unpaired) electrons. The fraction of sp³-hybridized carbons (Fsp3) is 0.0667. The standard InChI is InChI=1S/C15H13O/c1-2-12-8-6-7-11-14(12)15(16)13-9-4-3-5-10-13/h2-11H,1H3. The van der Waals surface area contributed by atoms with Crippen LogP contribution in [0.5, 0.6) is 0 Å². The number of benzene rings is 2. The molecule has 0 aliphatic rings. The van der Waals surface area contributed by atoms with Crippen LogP contribution in [-0.4, -0.2) is 5.78 Å². The van der Waals surface area contributed by atoms with Crippen molar-refractivity contribution in [2.45, 2.75) is 6.92 Å². The van der Waals surface area contributed by atoms with Gasteiger partial charge in [-0.2, -0.15) is 0 Å². The van der Waals surface area contributed by atoms with Crippen molar-refractivity contribution < 1.29 is 4.79 Å². The van der Waals surface area contributed by atoms with Gasteiger partial charge in [-0.3, -0.25) is 4.79 Å². The van der Waals surface area contributed by atoms with Crippen LogP contribution in [0.25, 0.3) is 0 Å². The maximum Gasteiger partial charge on any atom is 0.193 e. The number of carbonyl (C=O) groups is 1. The van der Waals surface area contributed by atoms with Gasteiger partial charge in [0.25, 0.3) is 0 Å². The van der Waals surface area contributed by atoms with E-state index in [2.05, 4.69) is 0 Å². The van der Waals surface area contributed by atoms with Crippen molar-refractivity contribution >= 4 is 5.78 Å². The molecule has 0 spiro atoms. The Balaban J connectivity index is 2.42. The van der Waals surface area contributed by atoms with E-state index in [0.29, 0.717) is 0 Å². The molecule has 0 atom stereocenters. The molecule has 0 unspecified atom stereocenters. The summed E-state index contributed by atoms with van der Waals surface area (Å²) in [7, 11) is 0. The monoisotopic (exact) mass is 209 g/mol. The first-order valence-corrected chi connectivity index (χ1v) is 5.31. The summed E-state index contributed by atoms with van der Waals surface area (Å²) in [6, 6.07) is 17.0. The molecule has 0 N–H and O–H groups in total. The Labute approximate surface area is 95.7 Å². The number of hydrogen-bond acceptors (Lipinski definition) is 1. The average Bonchev–Trinajstić information content (AvgIpc) is 2.39. The zero-order valence-electron chi connectivity index (χ0n) is 9.18. The molecule has 1 nitrogen and oxygen atoms in total. The summed E-state index contributed by atoms with van der Waals surface area (Å²) >= 11 is 0. The molecule has 16 heavy (non-hydrogen) atoms. The van der Waals surface area contributed by atoms with Gasteiger partial charge in [-0.25, -0.2) is 0 Å². The van der Waals surface area contributed by atoms with Crippen LogP contribution >= 0.6 is 0 Å². The van der Waals surface area contributed by atoms with Gasteiger partial charge in [-0.15, -0.1) is 0 Å². The predicted octanol–water partition coefficient (Wildman–Crippen LogP) is 3.49. The number of hydrogen-bond donors (Lipinski definition) is 0. The molecular weight excluding hydrogens is 196 g/mol. The van der Waals surface area contributed by atoms with E-state index in [4.69, 9.17) is 0 Å². The molecule has 0 aliphatic heterocycles. The summed E-state index contributed by atoms with van der Waals surface area (Å²) in [5.41, 5.74) is 2.48. The normalized spacial score (nSPS) is 10.1. The van der Waals surface area contributed by atoms with Gasteiger partial charge >= 0.3 is 0 Å². The van der Waals surface area contributed by atoms with Crippen LogP contribution in [0.2, 0.25) is 0 Å². The second kappa shape index (κ2) is 4.75. The molecule has 2 rings (SSSR count). The van der Waals surface area contributed by atoms with E-state index in [1.54, 1.807) is 0 Å². The minimum atomic E-state index is 0.0781. The van der Waals surface area contributed by atoms with Crippen LogP contribution in [-0.2, 0) is 0 Å². The van der Waals surface area contributed by atoms with Crippen LogP contribution in [0.3, 0.4) is 0 Å². The fourth-order valence-electron chi connectivity index (χ4n) is 1.70. The summed E-state index contributed by atoms with van der Waals surface area (Å²) in [5.74, 6) is 0.0781. The van der Waals surface area contributed by atoms with E-state index in [1.807, 2.05) is 67.9 Å². The number of carbonyl (C=O) groups excluding carboxylic acids is 1. The van der Waals surface area contributed by atoms with Gasteiger partial charge in [-0.1, -0.05) is 61.5 Å². The molecule has 2 aromatic carbocycles. The van der Waals surface area contributed by atoms with E-state index in [-0.39, 0.29) is 5.78 Å². The van der Waals surface area contributed by atoms with Crippen molar-refractivity contribution in [1.29, 1.82) is 0 Å². The van der Waals surface area contributed by atoms with Crippen molar-refractivity contribution in [2.75, 3.05) is 0 Å². The van der Waals surface area contributed by atoms with Gasteiger partial charge in [0.15, 0.2) is 5.78 Å². The molecule has 0 saturated heterocycles. The number of ketones is 1. The molecule has 0 aliphatic carbocycles. The zero-order chi connectivity index (χ0) is 11.4. The predicted molar refractivity (Wildman–Crippen MR) is 65.4 cm³/mol. The van der Waals surface area contributed by atoms with E-state index in [0.717, 1.165) is 16.7 Å². The molecule has 0 amide bonds. The lowest BCUT2D eigenvalue weighted by Crippen LogP contribution is -2.03. The molecule has 0 heterocycles. The van der Waals surface area contributed by atoms with Crippen molar-refractivity contribution in [3.8, 4) is 0 Å². The van der Waals surface area contributed by atoms with Crippen LogP contribution in [0, 0.1) is 6.42 Å². The second-order valence-electron chi connectivity index (χ2n) is 3.57. The van der Waals surface area contributed by atoms with Gasteiger partial charge in [0.2, 0.25) is 0 Å². The average molecular weight is 209 g/mol. The third-order valence-corrected chi connectivity index (χ3v) is 2.55. The SMILES string of the molecule is C[CH]c1ccccc1C(=O)c1ccccc1. The summed E-state index contributed by atoms with van der Waals surface area (Å²) in [6.07, 6.45) is 1.95. The Morgan fingerprint density at radius 2 is 1.56 bits per heavy atom. The maximum atomic E-state index is 12.2.